The Morgan fingerprint density at radius 1 is 1.08 bits per heavy atom. The summed E-state index contributed by atoms with van der Waals surface area (Å²) < 4.78 is 5.12. The van der Waals surface area contributed by atoms with Gasteiger partial charge in [-0.3, -0.25) is 4.79 Å². The zero-order chi connectivity index (χ0) is 18.8. The van der Waals surface area contributed by atoms with E-state index in [1.165, 1.54) is 0 Å². The van der Waals surface area contributed by atoms with Crippen molar-refractivity contribution >= 4 is 18.0 Å². The van der Waals surface area contributed by atoms with Gasteiger partial charge in [0.1, 0.15) is 18.7 Å². The summed E-state index contributed by atoms with van der Waals surface area (Å²) >= 11 is 0. The molecule has 2 amide bonds. The minimum atomic E-state index is -1.11. The Morgan fingerprint density at radius 2 is 1.72 bits per heavy atom. The van der Waals surface area contributed by atoms with Gasteiger partial charge in [-0.25, -0.2) is 9.59 Å². The Labute approximate surface area is 147 Å². The summed E-state index contributed by atoms with van der Waals surface area (Å²) in [5, 5.41) is 14.0. The molecule has 0 heterocycles. The van der Waals surface area contributed by atoms with Crippen molar-refractivity contribution in [3.63, 3.8) is 0 Å². The van der Waals surface area contributed by atoms with Crippen LogP contribution in [-0.2, 0) is 20.9 Å². The van der Waals surface area contributed by atoms with E-state index in [2.05, 4.69) is 10.6 Å². The smallest absolute Gasteiger partial charge is 0.408 e. The molecule has 0 fully saturated rings. The van der Waals surface area contributed by atoms with Crippen LogP contribution in [0.3, 0.4) is 0 Å². The van der Waals surface area contributed by atoms with E-state index >= 15 is 0 Å². The second-order valence-corrected chi connectivity index (χ2v) is 6.20. The lowest BCUT2D eigenvalue weighted by Crippen LogP contribution is -2.51. The van der Waals surface area contributed by atoms with Crippen molar-refractivity contribution in [3.8, 4) is 0 Å². The molecule has 0 bridgehead atoms. The van der Waals surface area contributed by atoms with Gasteiger partial charge >= 0.3 is 12.1 Å². The molecule has 0 aliphatic rings. The first-order chi connectivity index (χ1) is 11.8. The number of hydrogen-bond acceptors (Lipinski definition) is 4. The van der Waals surface area contributed by atoms with E-state index in [4.69, 9.17) is 9.84 Å². The molecule has 0 saturated carbocycles. The van der Waals surface area contributed by atoms with E-state index in [1.807, 2.05) is 44.2 Å². The van der Waals surface area contributed by atoms with Crippen LogP contribution in [0.2, 0.25) is 0 Å². The summed E-state index contributed by atoms with van der Waals surface area (Å²) in [7, 11) is 0. The Balaban J connectivity index is 2.63. The Bertz CT molecular complexity index is 574. The lowest BCUT2D eigenvalue weighted by Gasteiger charge is -2.22. The maximum Gasteiger partial charge on any atom is 0.408 e. The third kappa shape index (κ3) is 7.69. The summed E-state index contributed by atoms with van der Waals surface area (Å²) in [5.41, 5.74) is 0.833. The Morgan fingerprint density at radius 3 is 2.24 bits per heavy atom. The molecule has 2 atom stereocenters. The quantitative estimate of drug-likeness (QED) is 0.634. The van der Waals surface area contributed by atoms with Gasteiger partial charge in [0, 0.05) is 0 Å². The molecule has 138 valence electrons. The first-order valence-corrected chi connectivity index (χ1v) is 8.33. The van der Waals surface area contributed by atoms with E-state index in [0.717, 1.165) is 5.56 Å². The highest BCUT2D eigenvalue weighted by Gasteiger charge is 2.26. The van der Waals surface area contributed by atoms with Gasteiger partial charge in [-0.05, 0) is 24.3 Å². The van der Waals surface area contributed by atoms with Crippen LogP contribution < -0.4 is 10.6 Å². The van der Waals surface area contributed by atoms with Gasteiger partial charge in [0.2, 0.25) is 5.91 Å². The van der Waals surface area contributed by atoms with Crippen LogP contribution in [0.5, 0.6) is 0 Å². The van der Waals surface area contributed by atoms with Gasteiger partial charge in [0.15, 0.2) is 0 Å². The Hall–Kier alpha value is -2.57. The molecule has 0 saturated heterocycles. The lowest BCUT2D eigenvalue weighted by atomic mass is 10.0. The highest BCUT2D eigenvalue weighted by molar-refractivity contribution is 5.89. The van der Waals surface area contributed by atoms with Crippen molar-refractivity contribution in [1.29, 1.82) is 0 Å². The van der Waals surface area contributed by atoms with E-state index in [9.17, 15) is 14.4 Å². The summed E-state index contributed by atoms with van der Waals surface area (Å²) in [6.45, 7) is 5.57. The molecule has 0 aromatic heterocycles. The SMILES string of the molecule is CCC(NC(=O)C(CC(C)C)NC(=O)OCc1ccccc1)C(=O)O. The van der Waals surface area contributed by atoms with Gasteiger partial charge in [-0.15, -0.1) is 0 Å². The maximum absolute atomic E-state index is 12.3. The minimum Gasteiger partial charge on any atom is -0.480 e. The average molecular weight is 350 g/mol. The molecule has 1 aromatic rings. The normalized spacial score (nSPS) is 13.0. The summed E-state index contributed by atoms with van der Waals surface area (Å²) in [4.78, 5) is 35.4. The minimum absolute atomic E-state index is 0.0927. The monoisotopic (exact) mass is 350 g/mol. The molecule has 3 N–H and O–H groups in total. The van der Waals surface area contributed by atoms with Gasteiger partial charge < -0.3 is 20.5 Å². The number of alkyl carbamates (subject to hydrolysis) is 1. The van der Waals surface area contributed by atoms with E-state index in [0.29, 0.717) is 6.42 Å². The van der Waals surface area contributed by atoms with Gasteiger partial charge in [0.05, 0.1) is 0 Å². The van der Waals surface area contributed by atoms with Crippen molar-refractivity contribution in [1.82, 2.24) is 10.6 Å². The molecule has 1 rings (SSSR count). The number of hydrogen-bond donors (Lipinski definition) is 3. The standard InChI is InChI=1S/C18H26N2O5/c1-4-14(17(22)23)19-16(21)15(10-12(2)3)20-18(24)25-11-13-8-6-5-7-9-13/h5-9,12,14-15H,4,10-11H2,1-3H3,(H,19,21)(H,20,24)(H,22,23). The second-order valence-electron chi connectivity index (χ2n) is 6.20. The number of carboxylic acid groups (broad SMARTS) is 1. The predicted molar refractivity (Wildman–Crippen MR) is 92.9 cm³/mol. The average Bonchev–Trinajstić information content (AvgIpc) is 2.57. The third-order valence-corrected chi connectivity index (χ3v) is 3.55. The number of carbonyl (C=O) groups is 3. The van der Waals surface area contributed by atoms with Crippen molar-refractivity contribution < 1.29 is 24.2 Å². The topological polar surface area (TPSA) is 105 Å². The van der Waals surface area contributed by atoms with Crippen molar-refractivity contribution in [2.45, 2.75) is 52.3 Å². The fraction of sp³-hybridized carbons (Fsp3) is 0.500. The fourth-order valence-corrected chi connectivity index (χ4v) is 2.22. The fourth-order valence-electron chi connectivity index (χ4n) is 2.22. The first kappa shape index (κ1) is 20.5. The van der Waals surface area contributed by atoms with E-state index < -0.39 is 30.1 Å². The molecule has 0 aliphatic heterocycles. The van der Waals surface area contributed by atoms with Gasteiger partial charge in [0.25, 0.3) is 0 Å². The number of carboxylic acids is 1. The van der Waals surface area contributed by atoms with Crippen LogP contribution in [0, 0.1) is 5.92 Å². The number of ether oxygens (including phenoxy) is 1. The van der Waals surface area contributed by atoms with E-state index in [1.54, 1.807) is 6.92 Å². The van der Waals surface area contributed by atoms with Crippen molar-refractivity contribution in [2.75, 3.05) is 0 Å². The van der Waals surface area contributed by atoms with Crippen molar-refractivity contribution in [2.24, 2.45) is 5.92 Å². The number of rotatable bonds is 9. The molecule has 7 nitrogen and oxygen atoms in total. The molecule has 0 aliphatic carbocycles. The molecular formula is C18H26N2O5. The number of amides is 2. The third-order valence-electron chi connectivity index (χ3n) is 3.55. The maximum atomic E-state index is 12.3. The molecule has 25 heavy (non-hydrogen) atoms. The van der Waals surface area contributed by atoms with Crippen LogP contribution in [0.1, 0.15) is 39.2 Å². The summed E-state index contributed by atoms with van der Waals surface area (Å²) in [6.07, 6.45) is -0.0796. The molecule has 2 unspecified atom stereocenters. The van der Waals surface area contributed by atoms with E-state index in [-0.39, 0.29) is 18.9 Å². The lowest BCUT2D eigenvalue weighted by molar-refractivity contribution is -0.142. The second kappa shape index (κ2) is 10.3. The Kier molecular flexibility index (Phi) is 8.46. The van der Waals surface area contributed by atoms with Gasteiger partial charge in [-0.1, -0.05) is 51.1 Å². The number of carbonyl (C=O) groups excluding carboxylic acids is 2. The highest BCUT2D eigenvalue weighted by Crippen LogP contribution is 2.07. The van der Waals surface area contributed by atoms with Crippen LogP contribution in [-0.4, -0.2) is 35.2 Å². The number of aliphatic carboxylic acids is 1. The van der Waals surface area contributed by atoms with Crippen molar-refractivity contribution in [3.05, 3.63) is 35.9 Å². The molecule has 0 spiro atoms. The van der Waals surface area contributed by atoms with Gasteiger partial charge in [-0.2, -0.15) is 0 Å². The molecule has 1 aromatic carbocycles. The van der Waals surface area contributed by atoms with Crippen LogP contribution in [0.25, 0.3) is 0 Å². The molecule has 7 heteroatoms. The highest BCUT2D eigenvalue weighted by atomic mass is 16.5. The zero-order valence-electron chi connectivity index (χ0n) is 14.8. The zero-order valence-corrected chi connectivity index (χ0v) is 14.8. The molecule has 0 radical (unpaired) electrons. The predicted octanol–water partition coefficient (Wildman–Crippen LogP) is 2.31. The number of benzene rings is 1. The van der Waals surface area contributed by atoms with Crippen LogP contribution in [0.15, 0.2) is 30.3 Å². The summed E-state index contributed by atoms with van der Waals surface area (Å²) in [6, 6.07) is 7.35. The molecular weight excluding hydrogens is 324 g/mol. The summed E-state index contributed by atoms with van der Waals surface area (Å²) in [5.74, 6) is -1.50. The first-order valence-electron chi connectivity index (χ1n) is 8.33. The number of nitrogens with one attached hydrogen (secondary N) is 2. The largest absolute Gasteiger partial charge is 0.480 e. The van der Waals surface area contributed by atoms with Crippen LogP contribution >= 0.6 is 0 Å². The van der Waals surface area contributed by atoms with Crippen LogP contribution in [0.4, 0.5) is 4.79 Å².